The van der Waals surface area contributed by atoms with Gasteiger partial charge >= 0.3 is 0 Å². The molecular weight excluding hydrogens is 482 g/mol. The third-order valence-corrected chi connectivity index (χ3v) is 6.82. The molecule has 180 valence electrons. The second-order valence-electron chi connectivity index (χ2n) is 7.78. The number of nitrogens with one attached hydrogen (secondary N) is 2. The van der Waals surface area contributed by atoms with Crippen molar-refractivity contribution in [2.24, 2.45) is 0 Å². The Morgan fingerprint density at radius 1 is 0.971 bits per heavy atom. The first-order valence-electron chi connectivity index (χ1n) is 11.0. The highest BCUT2D eigenvalue weighted by Crippen LogP contribution is 2.34. The molecule has 0 spiro atoms. The van der Waals surface area contributed by atoms with Crippen LogP contribution in [0.1, 0.15) is 12.0 Å². The predicted octanol–water partition coefficient (Wildman–Crippen LogP) is 6.84. The van der Waals surface area contributed by atoms with E-state index in [-0.39, 0.29) is 5.91 Å². The molecule has 0 saturated heterocycles. The van der Waals surface area contributed by atoms with Crippen LogP contribution in [0.2, 0.25) is 5.02 Å². The van der Waals surface area contributed by atoms with Gasteiger partial charge in [-0.15, -0.1) is 0 Å². The van der Waals surface area contributed by atoms with Gasteiger partial charge in [0.2, 0.25) is 5.91 Å². The van der Waals surface area contributed by atoms with Crippen molar-refractivity contribution in [2.75, 3.05) is 25.3 Å². The summed E-state index contributed by atoms with van der Waals surface area (Å²) in [4.78, 5) is 20.8. The average molecular weight is 508 g/mol. The van der Waals surface area contributed by atoms with Crippen molar-refractivity contribution in [3.05, 3.63) is 77.3 Å². The van der Waals surface area contributed by atoms with E-state index in [9.17, 15) is 4.79 Å². The predicted molar refractivity (Wildman–Crippen MR) is 143 cm³/mol. The van der Waals surface area contributed by atoms with E-state index in [0.29, 0.717) is 17.2 Å². The molecule has 1 heterocycles. The van der Waals surface area contributed by atoms with E-state index < -0.39 is 0 Å². The maximum atomic E-state index is 12.5. The number of carbonyl (C=O) groups excluding carboxylic acids is 1. The van der Waals surface area contributed by atoms with Crippen molar-refractivity contribution in [1.29, 1.82) is 0 Å². The van der Waals surface area contributed by atoms with Gasteiger partial charge in [-0.05, 0) is 73.2 Å². The molecule has 0 radical (unpaired) electrons. The molecule has 4 rings (SSSR count). The zero-order valence-electron chi connectivity index (χ0n) is 19.7. The molecule has 0 aliphatic heterocycles. The fraction of sp³-hybridized carbons (Fsp3) is 0.185. The first kappa shape index (κ1) is 24.7. The molecule has 4 aromatic rings. The van der Waals surface area contributed by atoms with E-state index >= 15 is 0 Å². The Labute approximate surface area is 214 Å². The van der Waals surface area contributed by atoms with Gasteiger partial charge < -0.3 is 19.8 Å². The molecule has 2 N–H and O–H groups in total. The Balaban J connectivity index is 1.50. The molecule has 0 atom stereocenters. The highest BCUT2D eigenvalue weighted by Gasteiger charge is 2.16. The average Bonchev–Trinajstić information content (AvgIpc) is 3.31. The molecule has 0 fully saturated rings. The molecule has 1 amide bonds. The third-order valence-electron chi connectivity index (χ3n) is 5.53. The number of aromatic nitrogens is 2. The lowest BCUT2D eigenvalue weighted by Crippen LogP contribution is -2.13. The number of hydrogen-bond acceptors (Lipinski definition) is 5. The number of imidazole rings is 1. The van der Waals surface area contributed by atoms with Gasteiger partial charge in [-0.25, -0.2) is 4.98 Å². The number of aromatic amines is 1. The minimum Gasteiger partial charge on any atom is -0.497 e. The number of rotatable bonds is 9. The van der Waals surface area contributed by atoms with Crippen molar-refractivity contribution < 1.29 is 14.3 Å². The molecule has 0 bridgehead atoms. The van der Waals surface area contributed by atoms with E-state index in [1.54, 1.807) is 20.3 Å². The second kappa shape index (κ2) is 11.3. The topological polar surface area (TPSA) is 76.2 Å². The Hall–Kier alpha value is -3.42. The van der Waals surface area contributed by atoms with Gasteiger partial charge in [0.25, 0.3) is 0 Å². The number of hydrogen-bond donors (Lipinski definition) is 2. The van der Waals surface area contributed by atoms with Gasteiger partial charge in [-0.3, -0.25) is 4.79 Å². The molecule has 3 aromatic carbocycles. The van der Waals surface area contributed by atoms with Crippen molar-refractivity contribution in [3.63, 3.8) is 0 Å². The Kier molecular flexibility index (Phi) is 8.00. The first-order valence-corrected chi connectivity index (χ1v) is 12.4. The molecule has 0 saturated carbocycles. The maximum Gasteiger partial charge on any atom is 0.225 e. The van der Waals surface area contributed by atoms with Gasteiger partial charge in [0, 0.05) is 34.0 Å². The molecule has 6 nitrogen and oxygen atoms in total. The minimum atomic E-state index is -0.0693. The first-order chi connectivity index (χ1) is 17.0. The second-order valence-corrected chi connectivity index (χ2v) is 9.27. The SMILES string of the molecule is COc1ccc(-c2nc(SCCC(=O)Nc3cccc(Cl)c3C)[nH]c2-c2ccc(OC)cc2)cc1. The fourth-order valence-corrected chi connectivity index (χ4v) is 4.53. The number of carbonyl (C=O) groups is 1. The fourth-order valence-electron chi connectivity index (χ4n) is 3.54. The van der Waals surface area contributed by atoms with Gasteiger partial charge in [0.15, 0.2) is 5.16 Å². The van der Waals surface area contributed by atoms with Crippen molar-refractivity contribution in [1.82, 2.24) is 9.97 Å². The summed E-state index contributed by atoms with van der Waals surface area (Å²) >= 11 is 7.66. The van der Waals surface area contributed by atoms with Gasteiger partial charge in [-0.2, -0.15) is 0 Å². The van der Waals surface area contributed by atoms with E-state index in [1.807, 2.05) is 67.6 Å². The van der Waals surface area contributed by atoms with E-state index in [0.717, 1.165) is 50.4 Å². The van der Waals surface area contributed by atoms with Crippen LogP contribution in [0.25, 0.3) is 22.5 Å². The zero-order valence-corrected chi connectivity index (χ0v) is 21.3. The zero-order chi connectivity index (χ0) is 24.8. The van der Waals surface area contributed by atoms with Gasteiger partial charge in [0.05, 0.1) is 25.6 Å². The smallest absolute Gasteiger partial charge is 0.225 e. The highest BCUT2D eigenvalue weighted by atomic mass is 35.5. The number of methoxy groups -OCH3 is 2. The number of thioether (sulfide) groups is 1. The van der Waals surface area contributed by atoms with Crippen molar-refractivity contribution in [2.45, 2.75) is 18.5 Å². The van der Waals surface area contributed by atoms with E-state index in [2.05, 4.69) is 10.3 Å². The van der Waals surface area contributed by atoms with Crippen molar-refractivity contribution in [3.8, 4) is 34.0 Å². The van der Waals surface area contributed by atoms with Crippen LogP contribution in [0.4, 0.5) is 5.69 Å². The minimum absolute atomic E-state index is 0.0693. The van der Waals surface area contributed by atoms with Crippen LogP contribution in [0, 0.1) is 6.92 Å². The number of anilines is 1. The van der Waals surface area contributed by atoms with Crippen LogP contribution < -0.4 is 14.8 Å². The van der Waals surface area contributed by atoms with Gasteiger partial charge in [0.1, 0.15) is 11.5 Å². The van der Waals surface area contributed by atoms with E-state index in [1.165, 1.54) is 11.8 Å². The van der Waals surface area contributed by atoms with Gasteiger partial charge in [-0.1, -0.05) is 29.4 Å². The monoisotopic (exact) mass is 507 g/mol. The molecule has 0 aliphatic carbocycles. The normalized spacial score (nSPS) is 10.7. The third kappa shape index (κ3) is 5.99. The summed E-state index contributed by atoms with van der Waals surface area (Å²) in [6.45, 7) is 1.89. The molecule has 1 aromatic heterocycles. The Morgan fingerprint density at radius 3 is 2.23 bits per heavy atom. The highest BCUT2D eigenvalue weighted by molar-refractivity contribution is 7.99. The summed E-state index contributed by atoms with van der Waals surface area (Å²) in [6, 6.07) is 21.1. The molecular formula is C27H26ClN3O3S. The van der Waals surface area contributed by atoms with Crippen molar-refractivity contribution >= 4 is 35.0 Å². The summed E-state index contributed by atoms with van der Waals surface area (Å²) in [5, 5.41) is 4.31. The summed E-state index contributed by atoms with van der Waals surface area (Å²) in [6.07, 6.45) is 0.340. The molecule has 0 unspecified atom stereocenters. The molecule has 0 aliphatic rings. The van der Waals surface area contributed by atoms with Crippen LogP contribution in [0.3, 0.4) is 0 Å². The van der Waals surface area contributed by atoms with Crippen LogP contribution in [0.15, 0.2) is 71.9 Å². The summed E-state index contributed by atoms with van der Waals surface area (Å²) < 4.78 is 10.6. The van der Waals surface area contributed by atoms with Crippen LogP contribution in [-0.2, 0) is 4.79 Å². The maximum absolute atomic E-state index is 12.5. The Bertz CT molecular complexity index is 1240. The lowest BCUT2D eigenvalue weighted by Gasteiger charge is -2.09. The number of H-pyrrole nitrogens is 1. The van der Waals surface area contributed by atoms with E-state index in [4.69, 9.17) is 26.1 Å². The number of ether oxygens (including phenoxy) is 2. The summed E-state index contributed by atoms with van der Waals surface area (Å²) in [5.41, 5.74) is 5.28. The van der Waals surface area contributed by atoms with Crippen LogP contribution >= 0.6 is 23.4 Å². The summed E-state index contributed by atoms with van der Waals surface area (Å²) in [5.74, 6) is 2.07. The molecule has 35 heavy (non-hydrogen) atoms. The summed E-state index contributed by atoms with van der Waals surface area (Å²) in [7, 11) is 3.29. The number of benzene rings is 3. The number of halogens is 1. The number of nitrogens with zero attached hydrogens (tertiary/aromatic N) is 1. The standard InChI is InChI=1S/C27H26ClN3O3S/c1-17-22(28)5-4-6-23(17)29-24(32)15-16-35-27-30-25(18-7-11-20(33-2)12-8-18)26(31-27)19-9-13-21(34-3)14-10-19/h4-14H,15-16H2,1-3H3,(H,29,32)(H,30,31). The largest absolute Gasteiger partial charge is 0.497 e. The quantitative estimate of drug-likeness (QED) is 0.242. The van der Waals surface area contributed by atoms with Crippen LogP contribution in [-0.4, -0.2) is 35.8 Å². The lowest BCUT2D eigenvalue weighted by atomic mass is 10.0. The van der Waals surface area contributed by atoms with Crippen LogP contribution in [0.5, 0.6) is 11.5 Å². The lowest BCUT2D eigenvalue weighted by molar-refractivity contribution is -0.115. The Morgan fingerprint density at radius 2 is 1.60 bits per heavy atom. The number of amides is 1. The molecule has 8 heteroatoms.